The molecule has 0 bridgehead atoms. The number of nitriles is 1. The second-order valence-corrected chi connectivity index (χ2v) is 8.46. The van der Waals surface area contributed by atoms with Crippen LogP contribution in [0.1, 0.15) is 4.88 Å². The number of nitrogens with two attached hydrogens (primary N) is 1. The Morgan fingerprint density at radius 3 is 2.43 bits per heavy atom. The highest BCUT2D eigenvalue weighted by molar-refractivity contribution is 7.94. The lowest BCUT2D eigenvalue weighted by Gasteiger charge is -2.07. The summed E-state index contributed by atoms with van der Waals surface area (Å²) in [7, 11) is -7.80. The van der Waals surface area contributed by atoms with Gasteiger partial charge in [0.2, 0.25) is 10.0 Å². The van der Waals surface area contributed by atoms with Crippen LogP contribution in [0.5, 0.6) is 0 Å². The van der Waals surface area contributed by atoms with E-state index in [0.29, 0.717) is 0 Å². The third-order valence-corrected chi connectivity index (χ3v) is 6.15. The molecule has 0 spiro atoms. The molecule has 0 fully saturated rings. The average molecular weight is 343 g/mol. The summed E-state index contributed by atoms with van der Waals surface area (Å²) in [5, 5.41) is 13.7. The lowest BCUT2D eigenvalue weighted by Crippen LogP contribution is -2.14. The summed E-state index contributed by atoms with van der Waals surface area (Å²) in [6.45, 7) is 0. The van der Waals surface area contributed by atoms with Gasteiger partial charge in [-0.05, 0) is 30.3 Å². The molecule has 3 N–H and O–H groups in total. The smallest absolute Gasteiger partial charge is 0.271 e. The molecule has 110 valence electrons. The Bertz CT molecular complexity index is 924. The number of rotatable bonds is 4. The number of hydrogen-bond donors (Lipinski definition) is 2. The summed E-state index contributed by atoms with van der Waals surface area (Å²) < 4.78 is 48.9. The molecule has 1 aromatic carbocycles. The molecule has 2 aromatic rings. The van der Waals surface area contributed by atoms with Crippen molar-refractivity contribution in [2.75, 3.05) is 4.72 Å². The second-order valence-electron chi connectivity index (χ2n) is 3.91. The number of primary sulfonamides is 1. The SMILES string of the molecule is N#Cc1ccc(S(=O)(=O)Nc2cccc(S(N)(=O)=O)c2)s1. The van der Waals surface area contributed by atoms with Crippen LogP contribution in [0.25, 0.3) is 0 Å². The monoisotopic (exact) mass is 343 g/mol. The lowest BCUT2D eigenvalue weighted by molar-refractivity contribution is 0.596. The van der Waals surface area contributed by atoms with Gasteiger partial charge in [-0.2, -0.15) is 5.26 Å². The topological polar surface area (TPSA) is 130 Å². The fraction of sp³-hybridized carbons (Fsp3) is 0. The molecule has 0 atom stereocenters. The second kappa shape index (κ2) is 5.45. The Kier molecular flexibility index (Phi) is 4.02. The number of nitrogens with one attached hydrogen (secondary N) is 1. The van der Waals surface area contributed by atoms with Gasteiger partial charge in [0, 0.05) is 0 Å². The highest BCUT2D eigenvalue weighted by Crippen LogP contribution is 2.24. The molecule has 7 nitrogen and oxygen atoms in total. The molecule has 10 heteroatoms. The van der Waals surface area contributed by atoms with Gasteiger partial charge >= 0.3 is 0 Å². The molecule has 0 aliphatic heterocycles. The molecule has 0 aliphatic rings. The van der Waals surface area contributed by atoms with Crippen LogP contribution in [-0.4, -0.2) is 16.8 Å². The van der Waals surface area contributed by atoms with Crippen molar-refractivity contribution in [3.05, 3.63) is 41.3 Å². The summed E-state index contributed by atoms with van der Waals surface area (Å²) in [4.78, 5) is 0.0558. The summed E-state index contributed by atoms with van der Waals surface area (Å²) in [5.41, 5.74) is 0.0634. The third-order valence-electron chi connectivity index (χ3n) is 2.37. The molecule has 0 saturated heterocycles. The number of benzene rings is 1. The first kappa shape index (κ1) is 15.5. The minimum atomic E-state index is -3.92. The van der Waals surface area contributed by atoms with E-state index in [4.69, 9.17) is 10.4 Å². The van der Waals surface area contributed by atoms with E-state index in [1.165, 1.54) is 30.3 Å². The Morgan fingerprint density at radius 1 is 1.14 bits per heavy atom. The number of sulfonamides is 2. The molecular formula is C11H9N3O4S3. The molecule has 1 aromatic heterocycles. The van der Waals surface area contributed by atoms with Gasteiger partial charge in [0.05, 0.1) is 10.6 Å². The zero-order valence-corrected chi connectivity index (χ0v) is 12.8. The maximum Gasteiger partial charge on any atom is 0.271 e. The largest absolute Gasteiger partial charge is 0.279 e. The van der Waals surface area contributed by atoms with Crippen LogP contribution in [0, 0.1) is 11.3 Å². The maximum atomic E-state index is 12.1. The quantitative estimate of drug-likeness (QED) is 0.857. The molecule has 0 unspecified atom stereocenters. The van der Waals surface area contributed by atoms with Crippen molar-refractivity contribution in [1.82, 2.24) is 0 Å². The zero-order chi connectivity index (χ0) is 15.7. The Labute approximate surface area is 125 Å². The normalized spacial score (nSPS) is 11.8. The maximum absolute atomic E-state index is 12.1. The van der Waals surface area contributed by atoms with E-state index in [-0.39, 0.29) is 19.7 Å². The molecule has 0 amide bonds. The van der Waals surface area contributed by atoms with Crippen LogP contribution in [0.2, 0.25) is 0 Å². The van der Waals surface area contributed by atoms with Crippen molar-refractivity contribution in [3.8, 4) is 6.07 Å². The first-order valence-corrected chi connectivity index (χ1v) is 9.22. The van der Waals surface area contributed by atoms with E-state index in [2.05, 4.69) is 4.72 Å². The predicted molar refractivity (Wildman–Crippen MR) is 77.7 cm³/mol. The van der Waals surface area contributed by atoms with Crippen LogP contribution in [-0.2, 0) is 20.0 Å². The highest BCUT2D eigenvalue weighted by Gasteiger charge is 2.18. The Hall–Kier alpha value is -1.93. The first-order chi connectivity index (χ1) is 9.72. The zero-order valence-electron chi connectivity index (χ0n) is 10.3. The van der Waals surface area contributed by atoms with Crippen LogP contribution < -0.4 is 9.86 Å². The van der Waals surface area contributed by atoms with Gasteiger partial charge in [-0.1, -0.05) is 6.07 Å². The van der Waals surface area contributed by atoms with Crippen molar-refractivity contribution in [1.29, 1.82) is 5.26 Å². The summed E-state index contributed by atoms with van der Waals surface area (Å²) in [6, 6.07) is 9.67. The van der Waals surface area contributed by atoms with Gasteiger partial charge in [0.25, 0.3) is 10.0 Å². The lowest BCUT2D eigenvalue weighted by atomic mass is 10.3. The van der Waals surface area contributed by atoms with Crippen LogP contribution in [0.3, 0.4) is 0 Å². The molecule has 1 heterocycles. The molecule has 21 heavy (non-hydrogen) atoms. The molecular weight excluding hydrogens is 334 g/mol. The summed E-state index contributed by atoms with van der Waals surface area (Å²) in [5.74, 6) is 0. The fourth-order valence-electron chi connectivity index (χ4n) is 1.47. The van der Waals surface area contributed by atoms with Gasteiger partial charge in [-0.15, -0.1) is 11.3 Å². The Balaban J connectivity index is 2.35. The average Bonchev–Trinajstić information content (AvgIpc) is 2.87. The Morgan fingerprint density at radius 2 is 1.86 bits per heavy atom. The standard InChI is InChI=1S/C11H9N3O4S3/c12-7-9-4-5-11(19-9)21(17,18)14-8-2-1-3-10(6-8)20(13,15)16/h1-6,14H,(H2,13,15,16). The molecule has 0 radical (unpaired) electrons. The minimum absolute atomic E-state index is 0.0416. The molecule has 0 saturated carbocycles. The van der Waals surface area contributed by atoms with Crippen LogP contribution in [0.15, 0.2) is 45.5 Å². The van der Waals surface area contributed by atoms with E-state index < -0.39 is 20.0 Å². The van der Waals surface area contributed by atoms with Crippen molar-refractivity contribution < 1.29 is 16.8 Å². The fourth-order valence-corrected chi connectivity index (χ4v) is 4.18. The van der Waals surface area contributed by atoms with Gasteiger partial charge in [0.15, 0.2) is 0 Å². The third kappa shape index (κ3) is 3.59. The van der Waals surface area contributed by atoms with E-state index in [9.17, 15) is 16.8 Å². The van der Waals surface area contributed by atoms with E-state index in [1.807, 2.05) is 6.07 Å². The van der Waals surface area contributed by atoms with Gasteiger partial charge < -0.3 is 0 Å². The van der Waals surface area contributed by atoms with Gasteiger partial charge in [-0.25, -0.2) is 22.0 Å². The number of anilines is 1. The van der Waals surface area contributed by atoms with Gasteiger partial charge in [0.1, 0.15) is 15.2 Å². The number of thiophene rings is 1. The van der Waals surface area contributed by atoms with Crippen LogP contribution in [0.4, 0.5) is 5.69 Å². The number of nitrogens with zero attached hydrogens (tertiary/aromatic N) is 1. The number of hydrogen-bond acceptors (Lipinski definition) is 6. The molecule has 0 aliphatic carbocycles. The van der Waals surface area contributed by atoms with Crippen molar-refractivity contribution in [2.24, 2.45) is 5.14 Å². The van der Waals surface area contributed by atoms with Crippen molar-refractivity contribution >= 4 is 37.1 Å². The molecule has 2 rings (SSSR count). The van der Waals surface area contributed by atoms with E-state index in [0.717, 1.165) is 17.4 Å². The highest BCUT2D eigenvalue weighted by atomic mass is 32.2. The van der Waals surface area contributed by atoms with Crippen molar-refractivity contribution in [3.63, 3.8) is 0 Å². The van der Waals surface area contributed by atoms with E-state index in [1.54, 1.807) is 0 Å². The van der Waals surface area contributed by atoms with E-state index >= 15 is 0 Å². The summed E-state index contributed by atoms with van der Waals surface area (Å²) >= 11 is 0.814. The van der Waals surface area contributed by atoms with Crippen molar-refractivity contribution in [2.45, 2.75) is 9.10 Å². The first-order valence-electron chi connectivity index (χ1n) is 5.38. The van der Waals surface area contributed by atoms with Crippen LogP contribution >= 0.6 is 11.3 Å². The predicted octanol–water partition coefficient (Wildman–Crippen LogP) is 1.07. The minimum Gasteiger partial charge on any atom is -0.279 e. The van der Waals surface area contributed by atoms with Gasteiger partial charge in [-0.3, -0.25) is 4.72 Å². The summed E-state index contributed by atoms with van der Waals surface area (Å²) in [6.07, 6.45) is 0.